The van der Waals surface area contributed by atoms with E-state index in [-0.39, 0.29) is 90.5 Å². The molecule has 1 spiro atoms. The van der Waals surface area contributed by atoms with Crippen molar-refractivity contribution in [3.63, 3.8) is 0 Å². The Morgan fingerprint density at radius 2 is 1.55 bits per heavy atom. The zero-order valence-corrected chi connectivity index (χ0v) is 65.9. The van der Waals surface area contributed by atoms with Crippen molar-refractivity contribution in [2.45, 2.75) is 284 Å². The fraction of sp³-hybridized carbons (Fsp3) is 0.671. The van der Waals surface area contributed by atoms with Gasteiger partial charge in [-0.25, -0.2) is 5.43 Å². The maximum atomic E-state index is 15.2. The summed E-state index contributed by atoms with van der Waals surface area (Å²) in [6, 6.07) is 19.7. The molecule has 0 aliphatic carbocycles. The van der Waals surface area contributed by atoms with Gasteiger partial charge in [0.1, 0.15) is 35.7 Å². The van der Waals surface area contributed by atoms with Crippen LogP contribution in [0.2, 0.25) is 36.3 Å². The molecule has 6 aliphatic rings. The van der Waals surface area contributed by atoms with Crippen molar-refractivity contribution in [2.75, 3.05) is 6.54 Å². The Morgan fingerprint density at radius 3 is 2.25 bits per heavy atom. The lowest BCUT2D eigenvalue weighted by Gasteiger charge is -2.58. The number of ether oxygens (including phenoxy) is 5. The standard InChI is InChI=1S/C79H121N9O12Si2/c1-17-59-47-54(12)79(82-72(59)89)57(15)70(100-102(21-5,22-6)23-7)56(14)68(97-79)50-67(99-101(18-2,19-3)20-4)53(11)36-28-24-27-35-52(10)65-42-31-26-32-43-66-55(13)71-62(44-45-78(16,96-66)98-71)73(90)81-69(51(8)9)74(91)80-64(75(92)87-46-34-41-63(84-87)76(93)95-65)49-58-37-33-40-61(48-58)94-77-83-85-86-88(77)60-38-29-25-30-39-60/h24-27,29-33,35,37-40,43,48,51,53-57,59,62-71,84H,17-23,28,34,36,41-42,44-47,49-50H2,1-16H3,(H,80,91)(H,81,90)(H,82,89)/b27-24+,31-26+,43-32+,52-35+/t53-,54-,55-,56-,57-,59-,62+,63-,64-,65-,66-,67-,68-,69-,70-,71+,78+,79+/m0/s1. The van der Waals surface area contributed by atoms with E-state index in [1.165, 1.54) is 9.69 Å². The zero-order chi connectivity index (χ0) is 73.7. The molecule has 7 heterocycles. The van der Waals surface area contributed by atoms with Crippen LogP contribution in [-0.2, 0) is 58.2 Å². The summed E-state index contributed by atoms with van der Waals surface area (Å²) in [4.78, 5) is 73.4. The highest BCUT2D eigenvalue weighted by atomic mass is 28.4. The molecular weight excluding hydrogens is 1320 g/mol. The van der Waals surface area contributed by atoms with Crippen molar-refractivity contribution in [3.8, 4) is 17.4 Å². The van der Waals surface area contributed by atoms with Crippen molar-refractivity contribution in [3.05, 3.63) is 108 Å². The average Bonchev–Trinajstić information content (AvgIpc) is 0.826. The molecular formula is C79H121N9O12Si2. The van der Waals surface area contributed by atoms with Crippen LogP contribution in [0, 0.1) is 47.3 Å². The third kappa shape index (κ3) is 18.7. The second kappa shape index (κ2) is 35.7. The second-order valence-electron chi connectivity index (χ2n) is 30.7. The number of fused-ring (bicyclic) bond motifs is 4. The SMILES string of the molecule is CC[C@H]1C[C@H](C)[C@@]2(NC1=O)O[C@@H](C[C@H](O[Si](CC)(CC)CC)[C@@H](C)CC/C=C/C=C(\C)[C@@H]1C/C=C/C=C/[C@@H]3O[C@@]4(C)CC[C@@H](C(=O)N[C@@H](C(C)C)C(=O)N[C@@H](Cc5cccc(Oc6nnnn6-c6ccccc6)c5)C(=O)N5CCC[C@H](N5)C(=O)O1)[C@H](O4)[C@H]3C)[C@H](C)[C@H](O[Si](CC)(CC)CC)[C@@H]2C. The highest BCUT2D eigenvalue weighted by Crippen LogP contribution is 2.50. The molecule has 18 atom stereocenters. The second-order valence-corrected chi connectivity index (χ2v) is 40.2. The Kier molecular flexibility index (Phi) is 28.0. The molecule has 4 N–H and O–H groups in total. The van der Waals surface area contributed by atoms with E-state index >= 15 is 4.79 Å². The fourth-order valence-corrected chi connectivity index (χ4v) is 22.5. The molecule has 6 aliphatic heterocycles. The molecule has 0 saturated carbocycles. The largest absolute Gasteiger partial charge is 0.456 e. The topological polar surface area (TPSA) is 245 Å². The molecule has 4 amide bonds. The fourth-order valence-electron chi connectivity index (χ4n) is 16.5. The van der Waals surface area contributed by atoms with Gasteiger partial charge in [-0.2, -0.15) is 4.68 Å². The first-order valence-corrected chi connectivity index (χ1v) is 43.7. The average molecular weight is 1450 g/mol. The molecule has 562 valence electrons. The molecule has 5 saturated heterocycles. The van der Waals surface area contributed by atoms with Crippen LogP contribution in [0.4, 0.5) is 0 Å². The number of para-hydroxylation sites is 1. The zero-order valence-electron chi connectivity index (χ0n) is 63.9. The van der Waals surface area contributed by atoms with Gasteiger partial charge < -0.3 is 48.5 Å². The van der Waals surface area contributed by atoms with Gasteiger partial charge >= 0.3 is 12.0 Å². The number of amides is 4. The van der Waals surface area contributed by atoms with E-state index in [2.05, 4.69) is 125 Å². The van der Waals surface area contributed by atoms with Crippen molar-refractivity contribution >= 4 is 46.2 Å². The van der Waals surface area contributed by atoms with E-state index in [9.17, 15) is 19.2 Å². The van der Waals surface area contributed by atoms with Gasteiger partial charge in [0, 0.05) is 55.4 Å². The number of cyclic esters (lactones) is 1. The summed E-state index contributed by atoms with van der Waals surface area (Å²) in [5.74, 6) is -3.22. The minimum Gasteiger partial charge on any atom is -0.456 e. The third-order valence-corrected chi connectivity index (χ3v) is 33.2. The number of nitrogens with one attached hydrogen (secondary N) is 4. The highest BCUT2D eigenvalue weighted by molar-refractivity contribution is 6.74. The molecule has 9 rings (SSSR count). The number of hydrogen-bond acceptors (Lipinski definition) is 16. The van der Waals surface area contributed by atoms with E-state index in [0.29, 0.717) is 55.5 Å². The van der Waals surface area contributed by atoms with E-state index in [4.69, 9.17) is 32.5 Å². The van der Waals surface area contributed by atoms with Crippen LogP contribution in [0.15, 0.2) is 103 Å². The van der Waals surface area contributed by atoms with E-state index in [1.807, 2.05) is 101 Å². The predicted octanol–water partition coefficient (Wildman–Crippen LogP) is 13.7. The van der Waals surface area contributed by atoms with Crippen LogP contribution in [0.3, 0.4) is 0 Å². The first-order valence-electron chi connectivity index (χ1n) is 38.7. The number of piperidine rings is 1. The van der Waals surface area contributed by atoms with Crippen LogP contribution in [0.5, 0.6) is 11.8 Å². The Morgan fingerprint density at radius 1 is 0.824 bits per heavy atom. The summed E-state index contributed by atoms with van der Waals surface area (Å²) in [7, 11) is -4.22. The van der Waals surface area contributed by atoms with Gasteiger partial charge in [-0.15, -0.1) is 0 Å². The van der Waals surface area contributed by atoms with E-state index in [0.717, 1.165) is 67.5 Å². The van der Waals surface area contributed by atoms with Gasteiger partial charge in [-0.3, -0.25) is 29.0 Å². The smallest absolute Gasteiger partial charge is 0.345 e. The quantitative estimate of drug-likeness (QED) is 0.0350. The Hall–Kier alpha value is -6.19. The number of carbonyl (C=O) groups is 5. The summed E-state index contributed by atoms with van der Waals surface area (Å²) >= 11 is 0. The predicted molar refractivity (Wildman–Crippen MR) is 400 cm³/mol. The van der Waals surface area contributed by atoms with Crippen molar-refractivity contribution in [1.29, 1.82) is 0 Å². The van der Waals surface area contributed by atoms with E-state index < -0.39 is 88.3 Å². The molecule has 23 heteroatoms. The van der Waals surface area contributed by atoms with Crippen LogP contribution in [-0.4, -0.2) is 144 Å². The van der Waals surface area contributed by atoms with Crippen LogP contribution in [0.25, 0.3) is 5.69 Å². The number of hydrazine groups is 1. The summed E-state index contributed by atoms with van der Waals surface area (Å²) in [5.41, 5.74) is 4.54. The summed E-state index contributed by atoms with van der Waals surface area (Å²) in [6.07, 6.45) is 18.3. The van der Waals surface area contributed by atoms with Crippen LogP contribution in [0.1, 0.15) is 181 Å². The number of carbonyl (C=O) groups excluding carboxylic acids is 5. The number of aromatic nitrogens is 4. The number of hydrogen-bond donors (Lipinski definition) is 4. The third-order valence-electron chi connectivity index (χ3n) is 23.9. The highest BCUT2D eigenvalue weighted by Gasteiger charge is 2.59. The maximum Gasteiger partial charge on any atom is 0.345 e. The first kappa shape index (κ1) is 79.9. The number of tetrazole rings is 1. The Balaban J connectivity index is 0.964. The minimum absolute atomic E-state index is 0.0178. The van der Waals surface area contributed by atoms with Crippen LogP contribution >= 0.6 is 0 Å². The molecule has 0 radical (unpaired) electrons. The summed E-state index contributed by atoms with van der Waals surface area (Å²) in [5, 5.41) is 23.2. The lowest BCUT2D eigenvalue weighted by Crippen LogP contribution is -2.72. The van der Waals surface area contributed by atoms with Gasteiger partial charge in [-0.05, 0) is 159 Å². The monoisotopic (exact) mass is 1440 g/mol. The van der Waals surface area contributed by atoms with Gasteiger partial charge in [-0.1, -0.05) is 175 Å². The molecule has 21 nitrogen and oxygen atoms in total. The lowest BCUT2D eigenvalue weighted by atomic mass is 9.69. The first-order chi connectivity index (χ1) is 48.8. The molecule has 5 bridgehead atoms. The number of esters is 1. The Bertz CT molecular complexity index is 3400. The molecule has 5 fully saturated rings. The van der Waals surface area contributed by atoms with Crippen molar-refractivity contribution < 1.29 is 56.5 Å². The van der Waals surface area contributed by atoms with Gasteiger partial charge in [0.2, 0.25) is 17.7 Å². The Labute approximate surface area is 609 Å². The van der Waals surface area contributed by atoms with Gasteiger partial charge in [0.05, 0.1) is 42.1 Å². The van der Waals surface area contributed by atoms with E-state index in [1.54, 1.807) is 18.2 Å². The van der Waals surface area contributed by atoms with Crippen LogP contribution < -0.4 is 26.1 Å². The molecule has 0 unspecified atom stereocenters. The lowest BCUT2D eigenvalue weighted by molar-refractivity contribution is -0.344. The molecule has 2 aromatic carbocycles. The molecule has 3 aromatic rings. The minimum atomic E-state index is -2.13. The maximum absolute atomic E-state index is 15.2. The number of benzene rings is 2. The summed E-state index contributed by atoms with van der Waals surface area (Å²) < 4.78 is 50.1. The number of nitrogens with zero attached hydrogens (tertiary/aromatic N) is 5. The van der Waals surface area contributed by atoms with Crippen molar-refractivity contribution in [2.24, 2.45) is 47.3 Å². The van der Waals surface area contributed by atoms with Gasteiger partial charge in [0.25, 0.3) is 5.91 Å². The van der Waals surface area contributed by atoms with Crippen molar-refractivity contribution in [1.82, 2.24) is 46.6 Å². The molecule has 1 aromatic heterocycles. The number of allylic oxidation sites excluding steroid dienone is 5. The van der Waals surface area contributed by atoms with Gasteiger partial charge in [0.15, 0.2) is 22.4 Å². The normalized spacial score (nSPS) is 32.3. The summed E-state index contributed by atoms with van der Waals surface area (Å²) in [6.45, 7) is 34.9. The molecule has 102 heavy (non-hydrogen) atoms. The number of rotatable bonds is 25.